The molecule has 0 fully saturated rings. The summed E-state index contributed by atoms with van der Waals surface area (Å²) in [5, 5.41) is 0. The molecule has 21 heavy (non-hydrogen) atoms. The quantitative estimate of drug-likeness (QED) is 0.204. The molecule has 0 aliphatic carbocycles. The Kier molecular flexibility index (Phi) is 17.2. The molecule has 0 unspecified atom stereocenters. The van der Waals surface area contributed by atoms with Crippen LogP contribution in [0.4, 0.5) is 0 Å². The minimum absolute atomic E-state index is 0.972. The Morgan fingerprint density at radius 3 is 1.81 bits per heavy atom. The summed E-state index contributed by atoms with van der Waals surface area (Å²) in [7, 11) is 0. The van der Waals surface area contributed by atoms with Crippen LogP contribution in [0.1, 0.15) is 71.6 Å². The SMILES string of the molecule is CCC=CCCCC=C=CCC=CCC=C=CCCCC. The highest BCUT2D eigenvalue weighted by atomic mass is 13.8. The van der Waals surface area contributed by atoms with Gasteiger partial charge in [0.15, 0.2) is 0 Å². The zero-order valence-electron chi connectivity index (χ0n) is 14.0. The Balaban J connectivity index is 3.55. The molecule has 0 aliphatic rings. The fourth-order valence-electron chi connectivity index (χ4n) is 1.73. The van der Waals surface area contributed by atoms with Gasteiger partial charge in [0.1, 0.15) is 0 Å². The molecule has 0 aliphatic heterocycles. The van der Waals surface area contributed by atoms with Crippen molar-refractivity contribution < 1.29 is 0 Å². The fourth-order valence-corrected chi connectivity index (χ4v) is 1.73. The summed E-state index contributed by atoms with van der Waals surface area (Å²) in [6.45, 7) is 4.39. The van der Waals surface area contributed by atoms with E-state index in [1.165, 1.54) is 25.7 Å². The Morgan fingerprint density at radius 1 is 0.619 bits per heavy atom. The molecular weight excluding hydrogens is 252 g/mol. The van der Waals surface area contributed by atoms with Crippen LogP contribution in [0.5, 0.6) is 0 Å². The zero-order chi connectivity index (χ0) is 15.4. The van der Waals surface area contributed by atoms with Crippen LogP contribution in [0.2, 0.25) is 0 Å². The number of hydrogen-bond donors (Lipinski definition) is 0. The van der Waals surface area contributed by atoms with Gasteiger partial charge in [0.2, 0.25) is 0 Å². The van der Waals surface area contributed by atoms with Crippen molar-refractivity contribution in [3.63, 3.8) is 0 Å². The van der Waals surface area contributed by atoms with E-state index >= 15 is 0 Å². The minimum atomic E-state index is 0.972. The maximum Gasteiger partial charge on any atom is -0.00929 e. The normalized spacial score (nSPS) is 10.4. The number of hydrogen-bond acceptors (Lipinski definition) is 0. The lowest BCUT2D eigenvalue weighted by Gasteiger charge is -1.87. The standard InChI is InChI=1S/C21H32/c1-3-5-7-9-11-13-15-17-19-21-20-18-16-14-12-10-8-6-4-2/h5,7,10,14-15,18-20H,3-4,6,8-9,11,13,16,21H2,1-2H3. The molecule has 0 heterocycles. The Hall–Kier alpha value is -1.48. The second-order valence-corrected chi connectivity index (χ2v) is 5.05. The topological polar surface area (TPSA) is 0 Å². The summed E-state index contributed by atoms with van der Waals surface area (Å²) < 4.78 is 0. The highest BCUT2D eigenvalue weighted by Crippen LogP contribution is 1.98. The number of unbranched alkanes of at least 4 members (excludes halogenated alkanes) is 4. The summed E-state index contributed by atoms with van der Waals surface area (Å²) in [5.74, 6) is 0. The lowest BCUT2D eigenvalue weighted by atomic mass is 10.2. The molecule has 0 N–H and O–H groups in total. The van der Waals surface area contributed by atoms with Gasteiger partial charge in [-0.2, -0.15) is 0 Å². The van der Waals surface area contributed by atoms with Gasteiger partial charge in [-0.3, -0.25) is 0 Å². The van der Waals surface area contributed by atoms with Gasteiger partial charge in [0, 0.05) is 0 Å². The van der Waals surface area contributed by atoms with E-state index < -0.39 is 0 Å². The molecule has 0 amide bonds. The van der Waals surface area contributed by atoms with Crippen LogP contribution in [0.15, 0.2) is 60.1 Å². The predicted molar refractivity (Wildman–Crippen MR) is 96.5 cm³/mol. The smallest absolute Gasteiger partial charge is 0.00929 e. The molecule has 0 atom stereocenters. The second-order valence-electron chi connectivity index (χ2n) is 5.05. The van der Waals surface area contributed by atoms with Crippen LogP contribution < -0.4 is 0 Å². The average molecular weight is 284 g/mol. The maximum atomic E-state index is 3.24. The molecule has 0 saturated heterocycles. The summed E-state index contributed by atoms with van der Waals surface area (Å²) in [5.41, 5.74) is 6.47. The summed E-state index contributed by atoms with van der Waals surface area (Å²) >= 11 is 0. The van der Waals surface area contributed by atoms with E-state index in [0.717, 1.165) is 32.1 Å². The van der Waals surface area contributed by atoms with Crippen LogP contribution in [-0.4, -0.2) is 0 Å². The van der Waals surface area contributed by atoms with E-state index in [4.69, 9.17) is 0 Å². The molecule has 116 valence electrons. The molecule has 0 rings (SSSR count). The molecule has 0 radical (unpaired) electrons. The van der Waals surface area contributed by atoms with Crippen LogP contribution in [0.25, 0.3) is 0 Å². The first-order chi connectivity index (χ1) is 10.4. The van der Waals surface area contributed by atoms with E-state index in [1.54, 1.807) is 0 Å². The monoisotopic (exact) mass is 284 g/mol. The average Bonchev–Trinajstić information content (AvgIpc) is 2.50. The zero-order valence-corrected chi connectivity index (χ0v) is 14.0. The van der Waals surface area contributed by atoms with Crippen molar-refractivity contribution in [2.75, 3.05) is 0 Å². The van der Waals surface area contributed by atoms with Crippen molar-refractivity contribution in [2.24, 2.45) is 0 Å². The molecule has 0 bridgehead atoms. The maximum absolute atomic E-state index is 3.24. The van der Waals surface area contributed by atoms with Gasteiger partial charge in [0.05, 0.1) is 0 Å². The van der Waals surface area contributed by atoms with Crippen molar-refractivity contribution >= 4 is 0 Å². The minimum Gasteiger partial charge on any atom is -0.129 e. The molecule has 0 nitrogen and oxygen atoms in total. The Labute approximate surface area is 132 Å². The van der Waals surface area contributed by atoms with Crippen molar-refractivity contribution in [2.45, 2.75) is 71.6 Å². The molecule has 0 heteroatoms. The lowest BCUT2D eigenvalue weighted by Crippen LogP contribution is -1.67. The van der Waals surface area contributed by atoms with E-state index in [0.29, 0.717) is 0 Å². The fraction of sp³-hybridized carbons (Fsp3) is 0.524. The summed E-state index contributed by atoms with van der Waals surface area (Å²) in [6, 6.07) is 0. The number of rotatable bonds is 12. The van der Waals surface area contributed by atoms with Crippen molar-refractivity contribution in [1.29, 1.82) is 0 Å². The largest absolute Gasteiger partial charge is 0.129 e. The molecule has 0 aromatic rings. The van der Waals surface area contributed by atoms with E-state index in [1.807, 2.05) is 0 Å². The third-order valence-electron chi connectivity index (χ3n) is 2.97. The number of allylic oxidation sites excluding steroid dienone is 6. The van der Waals surface area contributed by atoms with Crippen LogP contribution in [0, 0.1) is 0 Å². The first kappa shape index (κ1) is 19.5. The molecule has 0 spiro atoms. The van der Waals surface area contributed by atoms with Crippen molar-refractivity contribution in [1.82, 2.24) is 0 Å². The third kappa shape index (κ3) is 18.5. The Bertz CT molecular complexity index is 380. The van der Waals surface area contributed by atoms with E-state index in [9.17, 15) is 0 Å². The summed E-state index contributed by atoms with van der Waals surface area (Å²) in [4.78, 5) is 0. The summed E-state index contributed by atoms with van der Waals surface area (Å²) in [6.07, 6.45) is 27.6. The molecular formula is C21H32. The van der Waals surface area contributed by atoms with Gasteiger partial charge in [-0.15, -0.1) is 11.5 Å². The first-order valence-corrected chi connectivity index (χ1v) is 8.50. The molecule has 0 aromatic heterocycles. The van der Waals surface area contributed by atoms with Gasteiger partial charge in [-0.25, -0.2) is 0 Å². The highest BCUT2D eigenvalue weighted by Gasteiger charge is 1.79. The van der Waals surface area contributed by atoms with Crippen LogP contribution in [-0.2, 0) is 0 Å². The third-order valence-corrected chi connectivity index (χ3v) is 2.97. The van der Waals surface area contributed by atoms with Crippen LogP contribution in [0.3, 0.4) is 0 Å². The second kappa shape index (κ2) is 18.5. The van der Waals surface area contributed by atoms with Gasteiger partial charge in [0.25, 0.3) is 0 Å². The van der Waals surface area contributed by atoms with E-state index in [2.05, 4.69) is 73.9 Å². The van der Waals surface area contributed by atoms with Gasteiger partial charge in [-0.05, 0) is 75.7 Å². The van der Waals surface area contributed by atoms with Crippen molar-refractivity contribution in [3.05, 3.63) is 60.1 Å². The first-order valence-electron chi connectivity index (χ1n) is 8.50. The predicted octanol–water partition coefficient (Wildman–Crippen LogP) is 7.07. The highest BCUT2D eigenvalue weighted by molar-refractivity contribution is 4.97. The van der Waals surface area contributed by atoms with Gasteiger partial charge in [-0.1, -0.05) is 44.6 Å². The van der Waals surface area contributed by atoms with Gasteiger partial charge >= 0.3 is 0 Å². The molecule has 0 saturated carbocycles. The molecule has 0 aromatic carbocycles. The lowest BCUT2D eigenvalue weighted by molar-refractivity contribution is 0.815. The van der Waals surface area contributed by atoms with Crippen LogP contribution >= 0.6 is 0 Å². The van der Waals surface area contributed by atoms with E-state index in [-0.39, 0.29) is 0 Å². The Morgan fingerprint density at radius 2 is 1.24 bits per heavy atom. The van der Waals surface area contributed by atoms with Gasteiger partial charge < -0.3 is 0 Å². The van der Waals surface area contributed by atoms with Crippen molar-refractivity contribution in [3.8, 4) is 0 Å².